The van der Waals surface area contributed by atoms with Crippen LogP contribution in [0.5, 0.6) is 11.5 Å². The molecule has 30 heavy (non-hydrogen) atoms. The van der Waals surface area contributed by atoms with Gasteiger partial charge in [0.25, 0.3) is 0 Å². The lowest BCUT2D eigenvalue weighted by molar-refractivity contribution is 0.0635. The second-order valence-corrected chi connectivity index (χ2v) is 7.38. The standard InChI is InChI=1S/C21H21N5O4/c1-21(2,3)30-20(28)25-18-10-16(13-7-14(27)9-15(8-13)29-4)17(11-22)19(24-18)26-6-5-23-12-26/h5-10,12,27H,1-4H3,(H,24,25,28). The highest BCUT2D eigenvalue weighted by Crippen LogP contribution is 2.34. The van der Waals surface area contributed by atoms with E-state index in [1.54, 1.807) is 43.8 Å². The van der Waals surface area contributed by atoms with Crippen LogP contribution in [0.25, 0.3) is 16.9 Å². The Balaban J connectivity index is 2.18. The number of hydrogen-bond acceptors (Lipinski definition) is 7. The molecule has 0 spiro atoms. The molecule has 0 saturated carbocycles. The van der Waals surface area contributed by atoms with Crippen molar-refractivity contribution in [1.29, 1.82) is 5.26 Å². The molecule has 1 amide bonds. The SMILES string of the molecule is COc1cc(O)cc(-c2cc(NC(=O)OC(C)(C)C)nc(-n3ccnc3)c2C#N)c1. The van der Waals surface area contributed by atoms with Crippen molar-refractivity contribution in [3.8, 4) is 34.5 Å². The highest BCUT2D eigenvalue weighted by atomic mass is 16.6. The molecule has 0 radical (unpaired) electrons. The van der Waals surface area contributed by atoms with Crippen LogP contribution >= 0.6 is 0 Å². The Morgan fingerprint density at radius 2 is 2.03 bits per heavy atom. The van der Waals surface area contributed by atoms with Gasteiger partial charge < -0.3 is 14.6 Å². The molecule has 3 aromatic rings. The van der Waals surface area contributed by atoms with Gasteiger partial charge in [0.05, 0.1) is 7.11 Å². The second kappa shape index (κ2) is 8.13. The molecule has 2 N–H and O–H groups in total. The number of phenols is 1. The van der Waals surface area contributed by atoms with Crippen molar-refractivity contribution in [3.05, 3.63) is 48.5 Å². The van der Waals surface area contributed by atoms with E-state index >= 15 is 0 Å². The number of methoxy groups -OCH3 is 1. The van der Waals surface area contributed by atoms with E-state index < -0.39 is 11.7 Å². The summed E-state index contributed by atoms with van der Waals surface area (Å²) in [7, 11) is 1.47. The van der Waals surface area contributed by atoms with Crippen LogP contribution in [-0.2, 0) is 4.74 Å². The van der Waals surface area contributed by atoms with Crippen molar-refractivity contribution in [2.75, 3.05) is 12.4 Å². The largest absolute Gasteiger partial charge is 0.508 e. The zero-order valence-electron chi connectivity index (χ0n) is 17.0. The molecule has 9 nitrogen and oxygen atoms in total. The summed E-state index contributed by atoms with van der Waals surface area (Å²) in [4.78, 5) is 20.7. The van der Waals surface area contributed by atoms with E-state index in [0.29, 0.717) is 16.9 Å². The molecule has 0 aliphatic carbocycles. The molecule has 3 rings (SSSR count). The number of carbonyl (C=O) groups is 1. The molecule has 9 heteroatoms. The van der Waals surface area contributed by atoms with Gasteiger partial charge in [0, 0.05) is 24.0 Å². The van der Waals surface area contributed by atoms with E-state index in [0.717, 1.165) is 0 Å². The molecule has 0 aliphatic heterocycles. The van der Waals surface area contributed by atoms with Crippen molar-refractivity contribution in [2.24, 2.45) is 0 Å². The molecule has 0 atom stereocenters. The quantitative estimate of drug-likeness (QED) is 0.673. The number of ether oxygens (including phenoxy) is 2. The van der Waals surface area contributed by atoms with Gasteiger partial charge in [-0.05, 0) is 44.5 Å². The first-order valence-electron chi connectivity index (χ1n) is 9.02. The third kappa shape index (κ3) is 4.67. The summed E-state index contributed by atoms with van der Waals surface area (Å²) in [6.45, 7) is 5.25. The molecule has 1 aromatic carbocycles. The number of nitrogens with one attached hydrogen (secondary N) is 1. The highest BCUT2D eigenvalue weighted by molar-refractivity contribution is 5.87. The van der Waals surface area contributed by atoms with Crippen molar-refractivity contribution in [1.82, 2.24) is 14.5 Å². The summed E-state index contributed by atoms with van der Waals surface area (Å²) in [6.07, 6.45) is 3.99. The van der Waals surface area contributed by atoms with Crippen LogP contribution in [0.4, 0.5) is 10.6 Å². The minimum Gasteiger partial charge on any atom is -0.508 e. The Labute approximate surface area is 173 Å². The van der Waals surface area contributed by atoms with Crippen LogP contribution in [0.1, 0.15) is 26.3 Å². The first-order valence-corrected chi connectivity index (χ1v) is 9.02. The maximum absolute atomic E-state index is 12.3. The first-order chi connectivity index (χ1) is 14.2. The topological polar surface area (TPSA) is 122 Å². The fourth-order valence-corrected chi connectivity index (χ4v) is 2.77. The third-order valence-corrected chi connectivity index (χ3v) is 3.93. The molecule has 0 unspecified atom stereocenters. The fraction of sp³-hybridized carbons (Fsp3) is 0.238. The summed E-state index contributed by atoms with van der Waals surface area (Å²) in [5.41, 5.74) is 0.497. The number of nitriles is 1. The average molecular weight is 407 g/mol. The molecule has 2 aromatic heterocycles. The lowest BCUT2D eigenvalue weighted by Crippen LogP contribution is -2.27. The van der Waals surface area contributed by atoms with Crippen LogP contribution in [-0.4, -0.2) is 38.4 Å². The Kier molecular flexibility index (Phi) is 5.60. The number of benzene rings is 1. The van der Waals surface area contributed by atoms with E-state index in [1.807, 2.05) is 0 Å². The van der Waals surface area contributed by atoms with Crippen LogP contribution in [0.3, 0.4) is 0 Å². The van der Waals surface area contributed by atoms with Gasteiger partial charge >= 0.3 is 6.09 Å². The van der Waals surface area contributed by atoms with Crippen LogP contribution < -0.4 is 10.1 Å². The molecule has 0 aliphatic rings. The number of pyridine rings is 1. The van der Waals surface area contributed by atoms with E-state index in [2.05, 4.69) is 21.4 Å². The van der Waals surface area contributed by atoms with E-state index in [1.165, 1.54) is 31.6 Å². The molecule has 154 valence electrons. The molecule has 0 bridgehead atoms. The van der Waals surface area contributed by atoms with E-state index in [9.17, 15) is 15.2 Å². The molecule has 2 heterocycles. The molecular weight excluding hydrogens is 386 g/mol. The first kappa shape index (κ1) is 20.7. The predicted octanol–water partition coefficient (Wildman–Crippen LogP) is 3.87. The van der Waals surface area contributed by atoms with Gasteiger partial charge in [0.2, 0.25) is 0 Å². The summed E-state index contributed by atoms with van der Waals surface area (Å²) < 4.78 is 12.1. The number of rotatable bonds is 4. The van der Waals surface area contributed by atoms with Gasteiger partial charge in [-0.3, -0.25) is 9.88 Å². The van der Waals surface area contributed by atoms with Crippen molar-refractivity contribution in [3.63, 3.8) is 0 Å². The lowest BCUT2D eigenvalue weighted by Gasteiger charge is -2.20. The van der Waals surface area contributed by atoms with Crippen LogP contribution in [0.2, 0.25) is 0 Å². The second-order valence-electron chi connectivity index (χ2n) is 7.38. The number of nitrogens with zero attached hydrogens (tertiary/aromatic N) is 4. The Morgan fingerprint density at radius 1 is 1.27 bits per heavy atom. The number of amides is 1. The number of imidazole rings is 1. The Bertz CT molecular complexity index is 1110. The maximum atomic E-state index is 12.3. The minimum atomic E-state index is -0.689. The van der Waals surface area contributed by atoms with Gasteiger partial charge in [-0.25, -0.2) is 14.8 Å². The summed E-state index contributed by atoms with van der Waals surface area (Å²) in [6, 6.07) is 8.30. The van der Waals surface area contributed by atoms with Crippen LogP contribution in [0.15, 0.2) is 43.0 Å². The van der Waals surface area contributed by atoms with Crippen molar-refractivity contribution < 1.29 is 19.4 Å². The zero-order valence-corrected chi connectivity index (χ0v) is 17.0. The normalized spacial score (nSPS) is 10.9. The van der Waals surface area contributed by atoms with Gasteiger partial charge in [-0.2, -0.15) is 5.26 Å². The summed E-state index contributed by atoms with van der Waals surface area (Å²) >= 11 is 0. The number of phenolic OH excluding ortho intramolecular Hbond substituents is 1. The predicted molar refractivity (Wildman–Crippen MR) is 110 cm³/mol. The monoisotopic (exact) mass is 407 g/mol. The number of carbonyl (C=O) groups excluding carboxylic acids is 1. The highest BCUT2D eigenvalue weighted by Gasteiger charge is 2.20. The number of anilines is 1. The van der Waals surface area contributed by atoms with Crippen molar-refractivity contribution in [2.45, 2.75) is 26.4 Å². The Morgan fingerprint density at radius 3 is 2.63 bits per heavy atom. The summed E-state index contributed by atoms with van der Waals surface area (Å²) in [5.74, 6) is 0.817. The smallest absolute Gasteiger partial charge is 0.413 e. The van der Waals surface area contributed by atoms with Gasteiger partial charge in [-0.15, -0.1) is 0 Å². The average Bonchev–Trinajstić information content (AvgIpc) is 3.19. The van der Waals surface area contributed by atoms with E-state index in [4.69, 9.17) is 9.47 Å². The number of aromatic nitrogens is 3. The van der Waals surface area contributed by atoms with Gasteiger partial charge in [0.15, 0.2) is 5.82 Å². The van der Waals surface area contributed by atoms with Crippen LogP contribution in [0, 0.1) is 11.3 Å². The van der Waals surface area contributed by atoms with Gasteiger partial charge in [0.1, 0.15) is 40.9 Å². The van der Waals surface area contributed by atoms with Crippen molar-refractivity contribution >= 4 is 11.9 Å². The molecule has 0 saturated heterocycles. The summed E-state index contributed by atoms with van der Waals surface area (Å²) in [5, 5.41) is 22.5. The number of aromatic hydroxyl groups is 1. The molecule has 0 fully saturated rings. The van der Waals surface area contributed by atoms with E-state index in [-0.39, 0.29) is 22.9 Å². The van der Waals surface area contributed by atoms with Gasteiger partial charge in [-0.1, -0.05) is 0 Å². The Hall–Kier alpha value is -4.06. The number of hydrogen-bond donors (Lipinski definition) is 2. The maximum Gasteiger partial charge on any atom is 0.413 e. The third-order valence-electron chi connectivity index (χ3n) is 3.93. The fourth-order valence-electron chi connectivity index (χ4n) is 2.77. The lowest BCUT2D eigenvalue weighted by atomic mass is 10.0. The molecular formula is C21H21N5O4. The minimum absolute atomic E-state index is 0.0316. The zero-order chi connectivity index (χ0) is 21.9.